The molecule has 0 saturated heterocycles. The van der Waals surface area contributed by atoms with E-state index in [4.69, 9.17) is 5.41 Å². The molecule has 0 spiro atoms. The number of aliphatic hydroxyl groups is 1. The lowest BCUT2D eigenvalue weighted by Gasteiger charge is -2.29. The molecule has 30 heavy (non-hydrogen) atoms. The van der Waals surface area contributed by atoms with Crippen molar-refractivity contribution < 1.29 is 9.90 Å². The zero-order valence-electron chi connectivity index (χ0n) is 19.2. The highest BCUT2D eigenvalue weighted by atomic mass is 31.0. The van der Waals surface area contributed by atoms with Gasteiger partial charge in [0, 0.05) is 17.5 Å². The van der Waals surface area contributed by atoms with Crippen LogP contribution in [0.15, 0.2) is 46.5 Å². The van der Waals surface area contributed by atoms with Crippen molar-refractivity contribution in [1.29, 1.82) is 5.41 Å². The second kappa shape index (κ2) is 8.89. The van der Waals surface area contributed by atoms with Crippen LogP contribution in [-0.2, 0) is 15.6 Å². The molecule has 0 heterocycles. The molecule has 4 nitrogen and oxygen atoms in total. The van der Waals surface area contributed by atoms with Gasteiger partial charge in [0.2, 0.25) is 0 Å². The third kappa shape index (κ3) is 5.29. The van der Waals surface area contributed by atoms with Crippen molar-refractivity contribution in [2.24, 2.45) is 0 Å². The molecule has 1 aromatic rings. The number of carbonyl (C=O) groups is 1. The topological polar surface area (TPSA) is 73.2 Å². The van der Waals surface area contributed by atoms with Crippen LogP contribution in [0, 0.1) is 12.3 Å². The molecular formula is C25H35N2O2P. The molecule has 1 aliphatic carbocycles. The molecule has 162 valence electrons. The van der Waals surface area contributed by atoms with Gasteiger partial charge < -0.3 is 15.8 Å². The van der Waals surface area contributed by atoms with Crippen LogP contribution in [0.4, 0.5) is 5.69 Å². The maximum absolute atomic E-state index is 13.1. The van der Waals surface area contributed by atoms with E-state index in [1.54, 1.807) is 0 Å². The number of carbonyl (C=O) groups excluding carboxylic acids is 1. The summed E-state index contributed by atoms with van der Waals surface area (Å²) in [4.78, 5) is 13.1. The molecule has 1 aliphatic rings. The van der Waals surface area contributed by atoms with Crippen LogP contribution in [0.2, 0.25) is 0 Å². The van der Waals surface area contributed by atoms with Gasteiger partial charge in [-0.2, -0.15) is 0 Å². The number of aliphatic hydroxyl groups excluding tert-OH is 1. The summed E-state index contributed by atoms with van der Waals surface area (Å²) in [6, 6.07) is 4.17. The average molecular weight is 427 g/mol. The Labute approximate surface area is 183 Å². The second-order valence-electron chi connectivity index (χ2n) is 9.93. The van der Waals surface area contributed by atoms with Gasteiger partial charge in [0.05, 0.1) is 5.57 Å². The van der Waals surface area contributed by atoms with Gasteiger partial charge in [0.25, 0.3) is 5.91 Å². The van der Waals surface area contributed by atoms with E-state index in [9.17, 15) is 9.90 Å². The van der Waals surface area contributed by atoms with Crippen LogP contribution in [0.3, 0.4) is 0 Å². The minimum Gasteiger partial charge on any atom is -0.506 e. The Morgan fingerprint density at radius 3 is 2.13 bits per heavy atom. The fourth-order valence-corrected chi connectivity index (χ4v) is 4.16. The monoisotopic (exact) mass is 426 g/mol. The molecule has 0 aliphatic heterocycles. The first kappa shape index (κ1) is 24.1. The summed E-state index contributed by atoms with van der Waals surface area (Å²) >= 11 is 0. The number of hydrogen-bond donors (Lipinski definition) is 3. The van der Waals surface area contributed by atoms with Crippen LogP contribution in [0.25, 0.3) is 0 Å². The first-order valence-electron chi connectivity index (χ1n) is 10.3. The molecule has 0 radical (unpaired) electrons. The average Bonchev–Trinajstić information content (AvgIpc) is 2.60. The molecule has 1 aromatic carbocycles. The van der Waals surface area contributed by atoms with Gasteiger partial charge in [-0.25, -0.2) is 0 Å². The molecule has 0 saturated carbocycles. The Hall–Kier alpha value is -2.19. The van der Waals surface area contributed by atoms with Gasteiger partial charge in [0.15, 0.2) is 0 Å². The number of amides is 1. The Bertz CT molecular complexity index is 955. The summed E-state index contributed by atoms with van der Waals surface area (Å²) in [7, 11) is 2.59. The molecule has 2 rings (SSSR count). The standard InChI is InChI=1S/C25H35N2O2P/c1-15-12-20(19(25(5,6)7)13-18(15)24(2,3)4)27-23(29)17(14-26)22(28)16-10-8-9-11-21(16)30/h10-14,26,28H,8-9,30H2,1-7H3,(H,27,29). The first-order chi connectivity index (χ1) is 13.8. The molecule has 1 amide bonds. The largest absolute Gasteiger partial charge is 0.506 e. The van der Waals surface area contributed by atoms with E-state index in [1.807, 2.05) is 25.1 Å². The molecule has 0 aromatic heterocycles. The Morgan fingerprint density at radius 1 is 1.07 bits per heavy atom. The van der Waals surface area contributed by atoms with E-state index in [2.05, 4.69) is 62.2 Å². The lowest BCUT2D eigenvalue weighted by Crippen LogP contribution is -2.23. The third-order valence-electron chi connectivity index (χ3n) is 5.32. The lowest BCUT2D eigenvalue weighted by molar-refractivity contribution is -0.112. The predicted octanol–water partition coefficient (Wildman–Crippen LogP) is 6.47. The van der Waals surface area contributed by atoms with E-state index in [0.717, 1.165) is 35.5 Å². The minimum absolute atomic E-state index is 0.0140. The van der Waals surface area contributed by atoms with Crippen molar-refractivity contribution in [1.82, 2.24) is 0 Å². The van der Waals surface area contributed by atoms with Gasteiger partial charge >= 0.3 is 0 Å². The maximum atomic E-state index is 13.1. The molecule has 3 N–H and O–H groups in total. The van der Waals surface area contributed by atoms with Crippen LogP contribution in [0.1, 0.15) is 71.1 Å². The van der Waals surface area contributed by atoms with E-state index in [0.29, 0.717) is 11.3 Å². The SMILES string of the molecule is Cc1cc(NC(=O)C(C=N)=C(O)C2=CCCC=C2P)c(C(C)(C)C)cc1C(C)(C)C. The summed E-state index contributed by atoms with van der Waals surface area (Å²) in [5, 5.41) is 22.3. The molecule has 0 fully saturated rings. The van der Waals surface area contributed by atoms with Crippen molar-refractivity contribution in [2.45, 2.75) is 72.1 Å². The van der Waals surface area contributed by atoms with Crippen LogP contribution in [0.5, 0.6) is 0 Å². The van der Waals surface area contributed by atoms with Crippen molar-refractivity contribution >= 4 is 27.0 Å². The van der Waals surface area contributed by atoms with E-state index in [1.165, 1.54) is 5.56 Å². The van der Waals surface area contributed by atoms with E-state index >= 15 is 0 Å². The number of aryl methyl sites for hydroxylation is 1. The number of nitrogens with one attached hydrogen (secondary N) is 2. The Kier molecular flexibility index (Phi) is 7.14. The van der Waals surface area contributed by atoms with Gasteiger partial charge in [-0.3, -0.25) is 4.79 Å². The zero-order valence-corrected chi connectivity index (χ0v) is 20.4. The number of hydrogen-bond acceptors (Lipinski definition) is 3. The van der Waals surface area contributed by atoms with Crippen molar-refractivity contribution in [3.8, 4) is 0 Å². The zero-order chi connectivity index (χ0) is 22.9. The fourth-order valence-electron chi connectivity index (χ4n) is 3.74. The van der Waals surface area contributed by atoms with E-state index in [-0.39, 0.29) is 22.2 Å². The highest BCUT2D eigenvalue weighted by Crippen LogP contribution is 2.37. The predicted molar refractivity (Wildman–Crippen MR) is 131 cm³/mol. The molecule has 1 atom stereocenters. The van der Waals surface area contributed by atoms with Crippen molar-refractivity contribution in [3.63, 3.8) is 0 Å². The van der Waals surface area contributed by atoms with Crippen LogP contribution in [-0.4, -0.2) is 17.2 Å². The summed E-state index contributed by atoms with van der Waals surface area (Å²) in [6.07, 6.45) is 6.52. The van der Waals surface area contributed by atoms with Crippen molar-refractivity contribution in [3.05, 3.63) is 63.2 Å². The number of rotatable bonds is 4. The molecular weight excluding hydrogens is 391 g/mol. The maximum Gasteiger partial charge on any atom is 0.261 e. The quantitative estimate of drug-likeness (QED) is 0.223. The van der Waals surface area contributed by atoms with Gasteiger partial charge in [-0.1, -0.05) is 59.8 Å². The van der Waals surface area contributed by atoms with E-state index < -0.39 is 5.91 Å². The molecule has 1 unspecified atom stereocenters. The molecule has 0 bridgehead atoms. The fraction of sp³-hybridized carbons (Fsp3) is 0.440. The summed E-state index contributed by atoms with van der Waals surface area (Å²) in [6.45, 7) is 14.9. The first-order valence-corrected chi connectivity index (χ1v) is 10.9. The Balaban J connectivity index is 2.52. The number of anilines is 1. The highest BCUT2D eigenvalue weighted by molar-refractivity contribution is 7.23. The van der Waals surface area contributed by atoms with Crippen LogP contribution >= 0.6 is 9.24 Å². The highest BCUT2D eigenvalue weighted by Gasteiger charge is 2.26. The molecule has 5 heteroatoms. The van der Waals surface area contributed by atoms with Crippen molar-refractivity contribution in [2.75, 3.05) is 5.32 Å². The normalized spacial score (nSPS) is 15.7. The summed E-state index contributed by atoms with van der Waals surface area (Å²) in [5.74, 6) is -0.649. The Morgan fingerprint density at radius 2 is 1.63 bits per heavy atom. The third-order valence-corrected chi connectivity index (χ3v) is 5.87. The second-order valence-corrected chi connectivity index (χ2v) is 10.6. The van der Waals surface area contributed by atoms with Crippen LogP contribution < -0.4 is 5.32 Å². The van der Waals surface area contributed by atoms with Gasteiger partial charge in [-0.15, -0.1) is 9.24 Å². The smallest absolute Gasteiger partial charge is 0.261 e. The summed E-state index contributed by atoms with van der Waals surface area (Å²) in [5.41, 5.74) is 4.42. The van der Waals surface area contributed by atoms with Gasteiger partial charge in [0.1, 0.15) is 5.76 Å². The van der Waals surface area contributed by atoms with Gasteiger partial charge in [-0.05, 0) is 58.7 Å². The number of allylic oxidation sites excluding steroid dienone is 3. The summed E-state index contributed by atoms with van der Waals surface area (Å²) < 4.78 is 0. The lowest BCUT2D eigenvalue weighted by atomic mass is 9.78. The number of benzene rings is 1. The minimum atomic E-state index is -0.486.